The van der Waals surface area contributed by atoms with Gasteiger partial charge in [0.05, 0.1) is 11.6 Å². The predicted molar refractivity (Wildman–Crippen MR) is 97.6 cm³/mol. The number of hydrogen-bond donors (Lipinski definition) is 1. The molecule has 1 aromatic heterocycles. The van der Waals surface area contributed by atoms with Gasteiger partial charge in [-0.1, -0.05) is 12.1 Å². The Morgan fingerprint density at radius 2 is 1.85 bits per heavy atom. The van der Waals surface area contributed by atoms with Gasteiger partial charge in [-0.3, -0.25) is 9.69 Å². The summed E-state index contributed by atoms with van der Waals surface area (Å²) in [5.41, 5.74) is -0.634. The number of halogens is 3. The largest absolute Gasteiger partial charge is 0.416 e. The van der Waals surface area contributed by atoms with Crippen molar-refractivity contribution in [2.75, 3.05) is 36.4 Å². The first kappa shape index (κ1) is 19.2. The number of nitrogens with zero attached hydrogens (tertiary/aromatic N) is 3. The highest BCUT2D eigenvalue weighted by Gasteiger charge is 2.31. The zero-order chi connectivity index (χ0) is 19.4. The smallest absolute Gasteiger partial charge is 0.354 e. The van der Waals surface area contributed by atoms with Crippen molar-refractivity contribution < 1.29 is 18.0 Å². The van der Waals surface area contributed by atoms with E-state index in [9.17, 15) is 18.0 Å². The van der Waals surface area contributed by atoms with Crippen LogP contribution in [0.15, 0.2) is 48.7 Å². The molecular formula is C19H21F3N4O. The van der Waals surface area contributed by atoms with E-state index in [0.717, 1.165) is 31.0 Å². The Kier molecular flexibility index (Phi) is 5.65. The molecule has 2 heterocycles. The molecular weight excluding hydrogens is 357 g/mol. The first-order valence-corrected chi connectivity index (χ1v) is 8.73. The number of amides is 1. The minimum Gasteiger partial charge on any atom is -0.354 e. The fraction of sp³-hybridized carbons (Fsp3) is 0.368. The van der Waals surface area contributed by atoms with Crippen molar-refractivity contribution in [2.24, 2.45) is 0 Å². The van der Waals surface area contributed by atoms with Gasteiger partial charge in [0.2, 0.25) is 5.91 Å². The summed E-state index contributed by atoms with van der Waals surface area (Å²) < 4.78 is 38.4. The number of aromatic nitrogens is 1. The van der Waals surface area contributed by atoms with Crippen molar-refractivity contribution in [1.82, 2.24) is 9.88 Å². The molecule has 8 heteroatoms. The molecule has 1 N–H and O–H groups in total. The molecule has 2 aromatic rings. The van der Waals surface area contributed by atoms with Gasteiger partial charge in [-0.2, -0.15) is 13.2 Å². The molecule has 0 radical (unpaired) electrons. The molecule has 0 aliphatic carbocycles. The van der Waals surface area contributed by atoms with Crippen LogP contribution in [0.4, 0.5) is 24.7 Å². The van der Waals surface area contributed by atoms with Crippen LogP contribution in [-0.2, 0) is 11.0 Å². The lowest BCUT2D eigenvalue weighted by molar-refractivity contribution is -0.137. The maximum absolute atomic E-state index is 12.8. The van der Waals surface area contributed by atoms with E-state index in [1.807, 2.05) is 23.1 Å². The highest BCUT2D eigenvalue weighted by Crippen LogP contribution is 2.30. The number of piperazine rings is 1. The quantitative estimate of drug-likeness (QED) is 0.887. The number of hydrogen-bond acceptors (Lipinski definition) is 4. The van der Waals surface area contributed by atoms with Gasteiger partial charge in [-0.05, 0) is 37.3 Å². The van der Waals surface area contributed by atoms with E-state index in [-0.39, 0.29) is 11.6 Å². The number of nitrogens with one attached hydrogen (secondary N) is 1. The van der Waals surface area contributed by atoms with Gasteiger partial charge in [0, 0.05) is 38.1 Å². The average Bonchev–Trinajstić information content (AvgIpc) is 2.68. The van der Waals surface area contributed by atoms with Gasteiger partial charge >= 0.3 is 6.18 Å². The van der Waals surface area contributed by atoms with E-state index in [4.69, 9.17) is 0 Å². The Labute approximate surface area is 155 Å². The highest BCUT2D eigenvalue weighted by atomic mass is 19.4. The second kappa shape index (κ2) is 7.96. The van der Waals surface area contributed by atoms with E-state index in [2.05, 4.69) is 15.2 Å². The molecule has 3 rings (SSSR count). The fourth-order valence-electron chi connectivity index (χ4n) is 3.06. The molecule has 1 aromatic carbocycles. The van der Waals surface area contributed by atoms with Crippen molar-refractivity contribution in [3.63, 3.8) is 0 Å². The molecule has 0 unspecified atom stereocenters. The summed E-state index contributed by atoms with van der Waals surface area (Å²) in [7, 11) is 0. The SMILES string of the molecule is C[C@@H](C(=O)Nc1cccc(C(F)(F)F)c1)N1CCN(c2ccccn2)CC1. The molecule has 1 aliphatic heterocycles. The molecule has 0 spiro atoms. The third kappa shape index (κ3) is 4.77. The third-order valence-electron chi connectivity index (χ3n) is 4.67. The number of pyridine rings is 1. The summed E-state index contributed by atoms with van der Waals surface area (Å²) in [6, 6.07) is 9.97. The topological polar surface area (TPSA) is 48.5 Å². The number of rotatable bonds is 4. The third-order valence-corrected chi connectivity index (χ3v) is 4.67. The number of alkyl halides is 3. The van der Waals surface area contributed by atoms with Crippen molar-refractivity contribution >= 4 is 17.4 Å². The average molecular weight is 378 g/mol. The van der Waals surface area contributed by atoms with Crippen molar-refractivity contribution in [1.29, 1.82) is 0 Å². The van der Waals surface area contributed by atoms with Gasteiger partial charge < -0.3 is 10.2 Å². The normalized spacial score (nSPS) is 16.8. The minimum atomic E-state index is -4.44. The molecule has 27 heavy (non-hydrogen) atoms. The van der Waals surface area contributed by atoms with Crippen LogP contribution in [0.2, 0.25) is 0 Å². The number of benzene rings is 1. The van der Waals surface area contributed by atoms with Crippen LogP contribution in [0, 0.1) is 0 Å². The van der Waals surface area contributed by atoms with E-state index in [0.29, 0.717) is 13.1 Å². The van der Waals surface area contributed by atoms with Crippen LogP contribution in [0.1, 0.15) is 12.5 Å². The molecule has 1 fully saturated rings. The fourth-order valence-corrected chi connectivity index (χ4v) is 3.06. The van der Waals surface area contributed by atoms with Crippen LogP contribution in [0.5, 0.6) is 0 Å². The first-order chi connectivity index (χ1) is 12.8. The Balaban J connectivity index is 1.57. The molecule has 1 atom stereocenters. The lowest BCUT2D eigenvalue weighted by Crippen LogP contribution is -2.53. The zero-order valence-electron chi connectivity index (χ0n) is 14.9. The van der Waals surface area contributed by atoms with Gasteiger partial charge in [0.1, 0.15) is 5.82 Å². The monoisotopic (exact) mass is 378 g/mol. The molecule has 144 valence electrons. The maximum atomic E-state index is 12.8. The van der Waals surface area contributed by atoms with Crippen molar-refractivity contribution in [3.05, 3.63) is 54.2 Å². The van der Waals surface area contributed by atoms with Gasteiger partial charge in [-0.15, -0.1) is 0 Å². The van der Waals surface area contributed by atoms with Crippen LogP contribution in [0.3, 0.4) is 0 Å². The standard InChI is InChI=1S/C19H21F3N4O/c1-14(18(27)24-16-6-4-5-15(13-16)19(20,21)22)25-9-11-26(12-10-25)17-7-2-3-8-23-17/h2-8,13-14H,9-12H2,1H3,(H,24,27)/t14-/m0/s1. The van der Waals surface area contributed by atoms with Crippen LogP contribution in [-0.4, -0.2) is 48.0 Å². The minimum absolute atomic E-state index is 0.147. The van der Waals surface area contributed by atoms with Crippen LogP contribution in [0.25, 0.3) is 0 Å². The maximum Gasteiger partial charge on any atom is 0.416 e. The molecule has 1 aliphatic rings. The van der Waals surface area contributed by atoms with Crippen LogP contribution < -0.4 is 10.2 Å². The summed E-state index contributed by atoms with van der Waals surface area (Å²) in [5, 5.41) is 2.59. The van der Waals surface area contributed by atoms with E-state index in [1.54, 1.807) is 13.1 Å². The summed E-state index contributed by atoms with van der Waals surface area (Å²) in [4.78, 5) is 21.0. The number of carbonyl (C=O) groups excluding carboxylic acids is 1. The van der Waals surface area contributed by atoms with Gasteiger partial charge in [0.15, 0.2) is 0 Å². The molecule has 5 nitrogen and oxygen atoms in total. The van der Waals surface area contributed by atoms with Gasteiger partial charge in [-0.25, -0.2) is 4.98 Å². The summed E-state index contributed by atoms with van der Waals surface area (Å²) >= 11 is 0. The van der Waals surface area contributed by atoms with Crippen LogP contribution >= 0.6 is 0 Å². The summed E-state index contributed by atoms with van der Waals surface area (Å²) in [6.45, 7) is 4.58. The van der Waals surface area contributed by atoms with Crippen molar-refractivity contribution in [2.45, 2.75) is 19.1 Å². The second-order valence-corrected chi connectivity index (χ2v) is 6.45. The lowest BCUT2D eigenvalue weighted by atomic mass is 10.1. The van der Waals surface area contributed by atoms with E-state index >= 15 is 0 Å². The van der Waals surface area contributed by atoms with E-state index < -0.39 is 17.8 Å². The van der Waals surface area contributed by atoms with Crippen molar-refractivity contribution in [3.8, 4) is 0 Å². The Bertz CT molecular complexity index is 774. The Morgan fingerprint density at radius 1 is 1.11 bits per heavy atom. The molecule has 0 bridgehead atoms. The summed E-state index contributed by atoms with van der Waals surface area (Å²) in [5.74, 6) is 0.582. The zero-order valence-corrected chi connectivity index (χ0v) is 14.9. The summed E-state index contributed by atoms with van der Waals surface area (Å²) in [6.07, 6.45) is -2.69. The Hall–Kier alpha value is -2.61. The number of anilines is 2. The first-order valence-electron chi connectivity index (χ1n) is 8.73. The van der Waals surface area contributed by atoms with E-state index in [1.165, 1.54) is 12.1 Å². The predicted octanol–water partition coefficient (Wildman–Crippen LogP) is 3.25. The highest BCUT2D eigenvalue weighted by molar-refractivity contribution is 5.94. The number of carbonyl (C=O) groups is 1. The lowest BCUT2D eigenvalue weighted by Gasteiger charge is -2.37. The molecule has 0 saturated carbocycles. The molecule has 1 saturated heterocycles. The second-order valence-electron chi connectivity index (χ2n) is 6.45. The Morgan fingerprint density at radius 3 is 2.48 bits per heavy atom. The van der Waals surface area contributed by atoms with Gasteiger partial charge in [0.25, 0.3) is 0 Å². The molecule has 1 amide bonds.